The van der Waals surface area contributed by atoms with E-state index in [0.717, 1.165) is 0 Å². The van der Waals surface area contributed by atoms with Crippen LogP contribution in [0, 0.1) is 0 Å². The van der Waals surface area contributed by atoms with Crippen molar-refractivity contribution in [3.05, 3.63) is 37.4 Å². The molecular formula is C9H2Cl5N. The molecule has 1 nitrogen and oxygen atoms in total. The van der Waals surface area contributed by atoms with Gasteiger partial charge in [-0.05, 0) is 6.07 Å². The fourth-order valence-electron chi connectivity index (χ4n) is 1.20. The van der Waals surface area contributed by atoms with Gasteiger partial charge in [-0.3, -0.25) is 4.98 Å². The molecule has 0 saturated carbocycles. The van der Waals surface area contributed by atoms with Crippen molar-refractivity contribution < 1.29 is 0 Å². The van der Waals surface area contributed by atoms with Gasteiger partial charge in [-0.2, -0.15) is 0 Å². The topological polar surface area (TPSA) is 12.9 Å². The Hall–Kier alpha value is 0.0800. The smallest absolute Gasteiger partial charge is 0.0786 e. The van der Waals surface area contributed by atoms with Crippen molar-refractivity contribution >= 4 is 68.9 Å². The van der Waals surface area contributed by atoms with E-state index in [0.29, 0.717) is 26.0 Å². The Balaban J connectivity index is 3.00. The van der Waals surface area contributed by atoms with E-state index in [9.17, 15) is 0 Å². The molecule has 0 saturated heterocycles. The third-order valence-corrected chi connectivity index (χ3v) is 3.93. The van der Waals surface area contributed by atoms with Gasteiger partial charge in [0.1, 0.15) is 0 Å². The molecular weight excluding hydrogens is 299 g/mol. The summed E-state index contributed by atoms with van der Waals surface area (Å²) >= 11 is 29.6. The van der Waals surface area contributed by atoms with E-state index < -0.39 is 0 Å². The normalized spacial score (nSPS) is 11.0. The lowest BCUT2D eigenvalue weighted by atomic mass is 10.2. The molecule has 0 atom stereocenters. The molecule has 1 aromatic heterocycles. The van der Waals surface area contributed by atoms with Crippen molar-refractivity contribution in [1.82, 2.24) is 4.98 Å². The predicted molar refractivity (Wildman–Crippen MR) is 66.8 cm³/mol. The highest BCUT2D eigenvalue weighted by atomic mass is 35.5. The number of nitrogens with zero attached hydrogens (tertiary/aromatic N) is 1. The quantitative estimate of drug-likeness (QED) is 0.585. The molecule has 15 heavy (non-hydrogen) atoms. The van der Waals surface area contributed by atoms with Gasteiger partial charge >= 0.3 is 0 Å². The van der Waals surface area contributed by atoms with Crippen molar-refractivity contribution in [2.45, 2.75) is 0 Å². The zero-order chi connectivity index (χ0) is 11.2. The number of hydrogen-bond donors (Lipinski definition) is 0. The van der Waals surface area contributed by atoms with Crippen molar-refractivity contribution in [2.75, 3.05) is 0 Å². The van der Waals surface area contributed by atoms with E-state index in [1.165, 1.54) is 6.20 Å². The fraction of sp³-hybridized carbons (Fsp3) is 0. The maximum Gasteiger partial charge on any atom is 0.0786 e. The molecule has 0 spiro atoms. The molecule has 6 heteroatoms. The molecule has 1 heterocycles. The minimum Gasteiger partial charge on any atom is -0.254 e. The first-order valence-electron chi connectivity index (χ1n) is 3.79. The van der Waals surface area contributed by atoms with Crippen molar-refractivity contribution in [2.24, 2.45) is 0 Å². The maximum absolute atomic E-state index is 6.01. The van der Waals surface area contributed by atoms with Gasteiger partial charge in [-0.1, -0.05) is 58.0 Å². The average Bonchev–Trinajstić information content (AvgIpc) is 2.20. The van der Waals surface area contributed by atoms with Crippen LogP contribution in [0.2, 0.25) is 25.1 Å². The maximum atomic E-state index is 6.01. The summed E-state index contributed by atoms with van der Waals surface area (Å²) in [5.74, 6) is 0. The van der Waals surface area contributed by atoms with Crippen molar-refractivity contribution in [1.29, 1.82) is 0 Å². The van der Waals surface area contributed by atoms with Gasteiger partial charge in [-0.15, -0.1) is 0 Å². The van der Waals surface area contributed by atoms with Gasteiger partial charge in [-0.25, -0.2) is 0 Å². The molecule has 2 rings (SSSR count). The predicted octanol–water partition coefficient (Wildman–Crippen LogP) is 5.50. The number of fused-ring (bicyclic) bond motifs is 1. The third kappa shape index (κ3) is 1.88. The zero-order valence-corrected chi connectivity index (χ0v) is 10.8. The molecule has 0 aliphatic rings. The van der Waals surface area contributed by atoms with Crippen LogP contribution in [0.1, 0.15) is 0 Å². The number of hydrogen-bond acceptors (Lipinski definition) is 1. The highest BCUT2D eigenvalue weighted by Gasteiger charge is 2.14. The molecule has 0 radical (unpaired) electrons. The van der Waals surface area contributed by atoms with Crippen molar-refractivity contribution in [3.8, 4) is 0 Å². The molecule has 2 aromatic rings. The van der Waals surface area contributed by atoms with Gasteiger partial charge in [0, 0.05) is 11.6 Å². The molecule has 0 amide bonds. The second-order valence-electron chi connectivity index (χ2n) is 2.80. The van der Waals surface area contributed by atoms with Crippen LogP contribution < -0.4 is 0 Å². The van der Waals surface area contributed by atoms with Crippen LogP contribution in [0.15, 0.2) is 12.3 Å². The highest BCUT2D eigenvalue weighted by Crippen LogP contribution is 2.41. The lowest BCUT2D eigenvalue weighted by Crippen LogP contribution is -1.84. The number of pyridine rings is 1. The molecule has 0 fully saturated rings. The molecule has 78 valence electrons. The molecule has 1 aromatic carbocycles. The van der Waals surface area contributed by atoms with Gasteiger partial charge in [0.15, 0.2) is 0 Å². The largest absolute Gasteiger partial charge is 0.254 e. The summed E-state index contributed by atoms with van der Waals surface area (Å²) < 4.78 is 0. The van der Waals surface area contributed by atoms with Crippen LogP contribution in [-0.2, 0) is 0 Å². The number of aromatic nitrogens is 1. The Morgan fingerprint density at radius 1 is 0.800 bits per heavy atom. The minimum absolute atomic E-state index is 0.247. The van der Waals surface area contributed by atoms with E-state index in [1.54, 1.807) is 6.07 Å². The number of benzene rings is 1. The zero-order valence-electron chi connectivity index (χ0n) is 6.99. The Morgan fingerprint density at radius 3 is 2.13 bits per heavy atom. The average molecular weight is 301 g/mol. The van der Waals surface area contributed by atoms with E-state index in [-0.39, 0.29) is 10.0 Å². The van der Waals surface area contributed by atoms with Gasteiger partial charge < -0.3 is 0 Å². The Labute approximate surface area is 111 Å². The molecule has 0 aliphatic heterocycles. The van der Waals surface area contributed by atoms with Crippen LogP contribution in [0.5, 0.6) is 0 Å². The molecule has 0 bridgehead atoms. The minimum atomic E-state index is 0.247. The molecule has 0 aliphatic carbocycles. The summed E-state index contributed by atoms with van der Waals surface area (Å²) in [7, 11) is 0. The summed E-state index contributed by atoms with van der Waals surface area (Å²) in [5, 5.41) is 2.01. The van der Waals surface area contributed by atoms with E-state index in [4.69, 9.17) is 58.0 Å². The summed E-state index contributed by atoms with van der Waals surface area (Å²) in [6.45, 7) is 0. The van der Waals surface area contributed by atoms with Crippen LogP contribution in [0.25, 0.3) is 10.9 Å². The van der Waals surface area contributed by atoms with Crippen molar-refractivity contribution in [3.63, 3.8) is 0 Å². The third-order valence-electron chi connectivity index (χ3n) is 1.89. The Kier molecular flexibility index (Phi) is 3.20. The summed E-state index contributed by atoms with van der Waals surface area (Å²) in [5.41, 5.74) is 0.559. The Morgan fingerprint density at radius 2 is 1.47 bits per heavy atom. The first-order chi connectivity index (χ1) is 7.02. The van der Waals surface area contributed by atoms with Gasteiger partial charge in [0.2, 0.25) is 0 Å². The van der Waals surface area contributed by atoms with Gasteiger partial charge in [0.05, 0.1) is 30.6 Å². The standard InChI is InChI=1S/C9H2Cl5N/c10-3-1-5-6(9(14)8(3)13)7(12)4(11)2-15-5/h1-2H. The highest BCUT2D eigenvalue weighted by molar-refractivity contribution is 6.53. The second-order valence-corrected chi connectivity index (χ2v) is 4.75. The number of halogens is 5. The van der Waals surface area contributed by atoms with E-state index in [2.05, 4.69) is 4.98 Å². The van der Waals surface area contributed by atoms with E-state index in [1.807, 2.05) is 0 Å². The first-order valence-corrected chi connectivity index (χ1v) is 5.68. The second kappa shape index (κ2) is 4.15. The SMILES string of the molecule is Clc1cc2ncc(Cl)c(Cl)c2c(Cl)c1Cl. The fourth-order valence-corrected chi connectivity index (χ4v) is 2.32. The van der Waals surface area contributed by atoms with Crippen LogP contribution in [0.3, 0.4) is 0 Å². The molecule has 0 N–H and O–H groups in total. The van der Waals surface area contributed by atoms with E-state index >= 15 is 0 Å². The van der Waals surface area contributed by atoms with Crippen LogP contribution in [-0.4, -0.2) is 4.98 Å². The molecule has 0 unspecified atom stereocenters. The monoisotopic (exact) mass is 299 g/mol. The lowest BCUT2D eigenvalue weighted by Gasteiger charge is -2.06. The Bertz CT molecular complexity index is 552. The summed E-state index contributed by atoms with van der Waals surface area (Å²) in [4.78, 5) is 4.06. The first kappa shape index (κ1) is 11.6. The van der Waals surface area contributed by atoms with Crippen LogP contribution in [0.4, 0.5) is 0 Å². The van der Waals surface area contributed by atoms with Gasteiger partial charge in [0.25, 0.3) is 0 Å². The van der Waals surface area contributed by atoms with Crippen LogP contribution >= 0.6 is 58.0 Å². The summed E-state index contributed by atoms with van der Waals surface area (Å²) in [6, 6.07) is 1.59. The lowest BCUT2D eigenvalue weighted by molar-refractivity contribution is 1.41. The summed E-state index contributed by atoms with van der Waals surface area (Å²) in [6.07, 6.45) is 1.44. The number of rotatable bonds is 0.